The minimum absolute atomic E-state index is 0.0711. The second-order valence-electron chi connectivity index (χ2n) is 5.75. The van der Waals surface area contributed by atoms with Gasteiger partial charge >= 0.3 is 6.18 Å². The summed E-state index contributed by atoms with van der Waals surface area (Å²) < 4.78 is 38.2. The van der Waals surface area contributed by atoms with Crippen LogP contribution in [0, 0.1) is 5.92 Å². The number of imidazole rings is 1. The number of nitrogens with one attached hydrogen (secondary N) is 1. The summed E-state index contributed by atoms with van der Waals surface area (Å²) >= 11 is 0. The predicted octanol–water partition coefficient (Wildman–Crippen LogP) is 4.59. The molecule has 0 fully saturated rings. The lowest BCUT2D eigenvalue weighted by atomic mass is 9.89. The van der Waals surface area contributed by atoms with Crippen molar-refractivity contribution < 1.29 is 13.2 Å². The van der Waals surface area contributed by atoms with Gasteiger partial charge in [0, 0.05) is 18.5 Å². The smallest absolute Gasteiger partial charge is 0.346 e. The average molecular weight is 288 g/mol. The number of nitrogens with zero attached hydrogens (tertiary/aromatic N) is 1. The van der Waals surface area contributed by atoms with Gasteiger partial charge in [0.2, 0.25) is 0 Å². The first-order chi connectivity index (χ1) is 9.50. The van der Waals surface area contributed by atoms with E-state index in [2.05, 4.69) is 16.9 Å². The fourth-order valence-corrected chi connectivity index (χ4v) is 2.83. The molecule has 0 saturated heterocycles. The normalized spacial score (nSPS) is 19.1. The molecule has 2 rings (SSSR count). The van der Waals surface area contributed by atoms with E-state index in [1.807, 2.05) is 0 Å². The first kappa shape index (κ1) is 15.4. The summed E-state index contributed by atoms with van der Waals surface area (Å²) in [6.45, 7) is 2.18. The molecule has 1 aliphatic carbocycles. The molecule has 0 bridgehead atoms. The van der Waals surface area contributed by atoms with Gasteiger partial charge in [0.1, 0.15) is 5.82 Å². The van der Waals surface area contributed by atoms with Crippen molar-refractivity contribution in [3.8, 4) is 0 Å². The topological polar surface area (TPSA) is 28.7 Å². The van der Waals surface area contributed by atoms with Crippen LogP contribution in [-0.4, -0.2) is 16.1 Å². The SMILES string of the molecule is CCCCCCCc1nc2c([nH]1)CC(C(F)(F)F)CC2. The third kappa shape index (κ3) is 4.00. The zero-order valence-electron chi connectivity index (χ0n) is 12.0. The second kappa shape index (κ2) is 6.64. The maximum Gasteiger partial charge on any atom is 0.392 e. The van der Waals surface area contributed by atoms with Gasteiger partial charge in [0.15, 0.2) is 0 Å². The number of fused-ring (bicyclic) bond motifs is 1. The number of hydrogen-bond donors (Lipinski definition) is 1. The highest BCUT2D eigenvalue weighted by Crippen LogP contribution is 2.36. The molecule has 0 radical (unpaired) electrons. The molecule has 0 aromatic carbocycles. The zero-order chi connectivity index (χ0) is 14.6. The fraction of sp³-hybridized carbons (Fsp3) is 0.800. The van der Waals surface area contributed by atoms with Crippen LogP contribution in [0.2, 0.25) is 0 Å². The number of H-pyrrole nitrogens is 1. The summed E-state index contributed by atoms with van der Waals surface area (Å²) in [5.41, 5.74) is 1.57. The molecule has 1 unspecified atom stereocenters. The van der Waals surface area contributed by atoms with Gasteiger partial charge in [0.05, 0.1) is 11.6 Å². The number of unbranched alkanes of at least 4 members (excludes halogenated alkanes) is 4. The van der Waals surface area contributed by atoms with E-state index in [4.69, 9.17) is 0 Å². The number of aromatic nitrogens is 2. The van der Waals surface area contributed by atoms with Crippen LogP contribution in [0.25, 0.3) is 0 Å². The van der Waals surface area contributed by atoms with Gasteiger partial charge in [-0.3, -0.25) is 0 Å². The van der Waals surface area contributed by atoms with Crippen LogP contribution in [0.15, 0.2) is 0 Å². The maximum atomic E-state index is 12.7. The fourth-order valence-electron chi connectivity index (χ4n) is 2.83. The summed E-state index contributed by atoms with van der Waals surface area (Å²) in [4.78, 5) is 7.58. The van der Waals surface area contributed by atoms with Crippen molar-refractivity contribution >= 4 is 0 Å². The Kier molecular flexibility index (Phi) is 5.11. The second-order valence-corrected chi connectivity index (χ2v) is 5.75. The van der Waals surface area contributed by atoms with Crippen molar-refractivity contribution in [2.24, 2.45) is 5.92 Å². The van der Waals surface area contributed by atoms with Crippen LogP contribution in [-0.2, 0) is 19.3 Å². The maximum absolute atomic E-state index is 12.7. The van der Waals surface area contributed by atoms with E-state index in [1.54, 1.807) is 0 Å². The number of aryl methyl sites for hydroxylation is 2. The van der Waals surface area contributed by atoms with E-state index in [1.165, 1.54) is 25.7 Å². The summed E-state index contributed by atoms with van der Waals surface area (Å²) in [5, 5.41) is 0. The highest BCUT2D eigenvalue weighted by Gasteiger charge is 2.41. The molecule has 20 heavy (non-hydrogen) atoms. The molecule has 2 nitrogen and oxygen atoms in total. The lowest BCUT2D eigenvalue weighted by molar-refractivity contribution is -0.177. The Hall–Kier alpha value is -1.00. The highest BCUT2D eigenvalue weighted by molar-refractivity contribution is 5.19. The molecular weight excluding hydrogens is 265 g/mol. The van der Waals surface area contributed by atoms with Crippen molar-refractivity contribution in [3.63, 3.8) is 0 Å². The molecule has 1 heterocycles. The van der Waals surface area contributed by atoms with Crippen molar-refractivity contribution in [1.29, 1.82) is 0 Å². The molecule has 1 aliphatic rings. The Balaban J connectivity index is 1.86. The zero-order valence-corrected chi connectivity index (χ0v) is 12.0. The lowest BCUT2D eigenvalue weighted by Crippen LogP contribution is -2.28. The number of alkyl halides is 3. The van der Waals surface area contributed by atoms with Crippen molar-refractivity contribution in [2.75, 3.05) is 0 Å². The van der Waals surface area contributed by atoms with Crippen LogP contribution in [0.4, 0.5) is 13.2 Å². The van der Waals surface area contributed by atoms with Crippen LogP contribution >= 0.6 is 0 Å². The Morgan fingerprint density at radius 3 is 2.65 bits per heavy atom. The van der Waals surface area contributed by atoms with Crippen LogP contribution < -0.4 is 0 Å². The highest BCUT2D eigenvalue weighted by atomic mass is 19.4. The molecule has 1 N–H and O–H groups in total. The monoisotopic (exact) mass is 288 g/mol. The minimum atomic E-state index is -4.08. The molecule has 114 valence electrons. The third-order valence-electron chi connectivity index (χ3n) is 4.07. The van der Waals surface area contributed by atoms with Gasteiger partial charge in [-0.15, -0.1) is 0 Å². The van der Waals surface area contributed by atoms with Gasteiger partial charge in [-0.05, 0) is 19.3 Å². The molecule has 0 spiro atoms. The quantitative estimate of drug-likeness (QED) is 0.762. The Morgan fingerprint density at radius 2 is 1.95 bits per heavy atom. The first-order valence-electron chi connectivity index (χ1n) is 7.64. The van der Waals surface area contributed by atoms with Gasteiger partial charge in [-0.25, -0.2) is 4.98 Å². The molecule has 1 atom stereocenters. The van der Waals surface area contributed by atoms with Crippen molar-refractivity contribution in [1.82, 2.24) is 9.97 Å². The number of hydrogen-bond acceptors (Lipinski definition) is 1. The Morgan fingerprint density at radius 1 is 1.20 bits per heavy atom. The van der Waals surface area contributed by atoms with E-state index in [-0.39, 0.29) is 12.8 Å². The van der Waals surface area contributed by atoms with Gasteiger partial charge in [0.25, 0.3) is 0 Å². The van der Waals surface area contributed by atoms with Gasteiger partial charge in [-0.2, -0.15) is 13.2 Å². The van der Waals surface area contributed by atoms with Crippen LogP contribution in [0.3, 0.4) is 0 Å². The molecule has 1 aromatic heterocycles. The third-order valence-corrected chi connectivity index (χ3v) is 4.07. The summed E-state index contributed by atoms with van der Waals surface area (Å²) in [5.74, 6) is -0.331. The van der Waals surface area contributed by atoms with Gasteiger partial charge < -0.3 is 4.98 Å². The molecule has 1 aromatic rings. The lowest BCUT2D eigenvalue weighted by Gasteiger charge is -2.23. The molecular formula is C15H23F3N2. The summed E-state index contributed by atoms with van der Waals surface area (Å²) in [7, 11) is 0. The van der Waals surface area contributed by atoms with Crippen molar-refractivity contribution in [2.45, 2.75) is 70.9 Å². The van der Waals surface area contributed by atoms with Crippen LogP contribution in [0.1, 0.15) is 62.7 Å². The van der Waals surface area contributed by atoms with Crippen LogP contribution in [0.5, 0.6) is 0 Å². The largest absolute Gasteiger partial charge is 0.392 e. The van der Waals surface area contributed by atoms with E-state index in [0.29, 0.717) is 12.1 Å². The van der Waals surface area contributed by atoms with E-state index in [0.717, 1.165) is 24.4 Å². The van der Waals surface area contributed by atoms with Gasteiger partial charge in [-0.1, -0.05) is 32.6 Å². The molecule has 0 aliphatic heterocycles. The average Bonchev–Trinajstić information content (AvgIpc) is 2.79. The summed E-state index contributed by atoms with van der Waals surface area (Å²) in [6.07, 6.45) is 3.41. The van der Waals surface area contributed by atoms with E-state index in [9.17, 15) is 13.2 Å². The summed E-state index contributed by atoms with van der Waals surface area (Å²) in [6, 6.07) is 0. The number of rotatable bonds is 6. The van der Waals surface area contributed by atoms with E-state index < -0.39 is 12.1 Å². The Labute approximate surface area is 118 Å². The van der Waals surface area contributed by atoms with Crippen molar-refractivity contribution in [3.05, 3.63) is 17.2 Å². The molecule has 0 saturated carbocycles. The Bertz CT molecular complexity index is 423. The van der Waals surface area contributed by atoms with E-state index >= 15 is 0 Å². The predicted molar refractivity (Wildman–Crippen MR) is 72.6 cm³/mol. The minimum Gasteiger partial charge on any atom is -0.346 e. The number of aromatic amines is 1. The number of halogens is 3. The molecule has 5 heteroatoms. The first-order valence-corrected chi connectivity index (χ1v) is 7.64. The molecule has 0 amide bonds. The standard InChI is InChI=1S/C15H23F3N2/c1-2-3-4-5-6-7-14-19-12-9-8-11(15(16,17)18)10-13(12)20-14/h11H,2-10H2,1H3,(H,19,20).